The number of rotatable bonds is 6. The lowest BCUT2D eigenvalue weighted by molar-refractivity contribution is 0.178. The van der Waals surface area contributed by atoms with Gasteiger partial charge in [0, 0.05) is 61.5 Å². The van der Waals surface area contributed by atoms with E-state index >= 15 is 0 Å². The monoisotopic (exact) mass is 429 g/mol. The van der Waals surface area contributed by atoms with E-state index in [4.69, 9.17) is 4.98 Å². The van der Waals surface area contributed by atoms with Crippen LogP contribution in [0.5, 0.6) is 0 Å². The Morgan fingerprint density at radius 2 is 1.72 bits per heavy atom. The van der Waals surface area contributed by atoms with Gasteiger partial charge in [-0.05, 0) is 36.8 Å². The first-order valence-electron chi connectivity index (χ1n) is 10.9. The molecule has 8 heteroatoms. The summed E-state index contributed by atoms with van der Waals surface area (Å²) < 4.78 is 3.57. The van der Waals surface area contributed by atoms with Gasteiger partial charge in [-0.15, -0.1) is 0 Å². The van der Waals surface area contributed by atoms with E-state index in [1.807, 2.05) is 57.2 Å². The molecule has 0 radical (unpaired) electrons. The fraction of sp³-hybridized carbons (Fsp3) is 0.333. The summed E-state index contributed by atoms with van der Waals surface area (Å²) in [5.41, 5.74) is 4.97. The SMILES string of the molecule is Cn1cc(-c2cccc(-c3ncc(-c4cnn(C)c4)c(NC[C@H]4CC[C@H](O)C4)n3)c2)cn1. The summed E-state index contributed by atoms with van der Waals surface area (Å²) in [5.74, 6) is 1.90. The molecule has 5 rings (SSSR count). The van der Waals surface area contributed by atoms with E-state index in [0.717, 1.165) is 59.4 Å². The molecule has 4 aromatic rings. The zero-order valence-corrected chi connectivity index (χ0v) is 18.3. The molecule has 0 unspecified atom stereocenters. The average Bonchev–Trinajstić information content (AvgIpc) is 3.54. The maximum atomic E-state index is 9.88. The topological polar surface area (TPSA) is 93.7 Å². The third kappa shape index (κ3) is 4.27. The van der Waals surface area contributed by atoms with Gasteiger partial charge < -0.3 is 10.4 Å². The molecule has 1 aromatic carbocycles. The molecular weight excluding hydrogens is 402 g/mol. The lowest BCUT2D eigenvalue weighted by Gasteiger charge is -2.15. The first-order chi connectivity index (χ1) is 15.5. The van der Waals surface area contributed by atoms with E-state index < -0.39 is 0 Å². The van der Waals surface area contributed by atoms with Crippen molar-refractivity contribution < 1.29 is 5.11 Å². The molecule has 1 aliphatic carbocycles. The predicted molar refractivity (Wildman–Crippen MR) is 124 cm³/mol. The number of anilines is 1. The zero-order valence-electron chi connectivity index (χ0n) is 18.3. The van der Waals surface area contributed by atoms with Gasteiger partial charge in [0.2, 0.25) is 0 Å². The summed E-state index contributed by atoms with van der Waals surface area (Å²) >= 11 is 0. The van der Waals surface area contributed by atoms with Crippen LogP contribution in [-0.2, 0) is 14.1 Å². The van der Waals surface area contributed by atoms with E-state index in [-0.39, 0.29) is 6.10 Å². The highest BCUT2D eigenvalue weighted by atomic mass is 16.3. The Bertz CT molecular complexity index is 1230. The van der Waals surface area contributed by atoms with Crippen LogP contribution in [0.3, 0.4) is 0 Å². The number of aliphatic hydroxyl groups is 1. The van der Waals surface area contributed by atoms with Gasteiger partial charge in [-0.2, -0.15) is 10.2 Å². The lowest BCUT2D eigenvalue weighted by Crippen LogP contribution is -2.14. The van der Waals surface area contributed by atoms with Gasteiger partial charge in [-0.1, -0.05) is 18.2 Å². The Morgan fingerprint density at radius 3 is 2.41 bits per heavy atom. The van der Waals surface area contributed by atoms with Crippen molar-refractivity contribution in [3.8, 4) is 33.6 Å². The van der Waals surface area contributed by atoms with Crippen molar-refractivity contribution in [2.75, 3.05) is 11.9 Å². The highest BCUT2D eigenvalue weighted by molar-refractivity contribution is 5.76. The zero-order chi connectivity index (χ0) is 22.1. The Hall–Kier alpha value is -3.52. The van der Waals surface area contributed by atoms with Gasteiger partial charge in [0.05, 0.1) is 18.5 Å². The molecule has 0 bridgehead atoms. The molecule has 0 amide bonds. The molecule has 1 saturated carbocycles. The third-order valence-electron chi connectivity index (χ3n) is 6.04. The van der Waals surface area contributed by atoms with Crippen LogP contribution in [0.2, 0.25) is 0 Å². The molecule has 1 fully saturated rings. The van der Waals surface area contributed by atoms with Crippen LogP contribution in [-0.4, -0.2) is 47.3 Å². The maximum absolute atomic E-state index is 9.88. The van der Waals surface area contributed by atoms with Crippen molar-refractivity contribution in [1.82, 2.24) is 29.5 Å². The quantitative estimate of drug-likeness (QED) is 0.487. The standard InChI is InChI=1S/C24H27N7O/c1-30-14-19(11-27-30)17-4-3-5-18(9-17)23-26-13-22(20-12-28-31(2)15-20)24(29-23)25-10-16-6-7-21(32)8-16/h3-5,9,11-16,21,32H,6-8,10H2,1-2H3,(H,25,26,29)/t16-,21-/m0/s1. The summed E-state index contributed by atoms with van der Waals surface area (Å²) in [4.78, 5) is 9.58. The molecule has 0 aliphatic heterocycles. The lowest BCUT2D eigenvalue weighted by atomic mass is 10.1. The Labute approximate surface area is 187 Å². The molecule has 32 heavy (non-hydrogen) atoms. The largest absolute Gasteiger partial charge is 0.393 e. The molecular formula is C24H27N7O. The Balaban J connectivity index is 1.48. The van der Waals surface area contributed by atoms with Crippen LogP contribution in [0.15, 0.2) is 55.2 Å². The highest BCUT2D eigenvalue weighted by Gasteiger charge is 2.23. The van der Waals surface area contributed by atoms with E-state index in [2.05, 4.69) is 32.6 Å². The van der Waals surface area contributed by atoms with Gasteiger partial charge in [-0.3, -0.25) is 9.36 Å². The molecule has 3 heterocycles. The first kappa shape index (κ1) is 20.4. The number of hydrogen-bond acceptors (Lipinski definition) is 6. The maximum Gasteiger partial charge on any atom is 0.161 e. The molecule has 2 atom stereocenters. The highest BCUT2D eigenvalue weighted by Crippen LogP contribution is 2.31. The van der Waals surface area contributed by atoms with Crippen LogP contribution in [0, 0.1) is 5.92 Å². The minimum absolute atomic E-state index is 0.184. The number of aryl methyl sites for hydroxylation is 2. The van der Waals surface area contributed by atoms with Crippen LogP contribution in [0.4, 0.5) is 5.82 Å². The van der Waals surface area contributed by atoms with Crippen molar-refractivity contribution in [3.63, 3.8) is 0 Å². The van der Waals surface area contributed by atoms with Crippen molar-refractivity contribution in [3.05, 3.63) is 55.2 Å². The molecule has 0 spiro atoms. The van der Waals surface area contributed by atoms with Gasteiger partial charge in [0.1, 0.15) is 5.82 Å². The number of hydrogen-bond donors (Lipinski definition) is 2. The number of nitrogens with one attached hydrogen (secondary N) is 1. The molecule has 1 aliphatic rings. The van der Waals surface area contributed by atoms with Crippen molar-refractivity contribution in [2.45, 2.75) is 25.4 Å². The van der Waals surface area contributed by atoms with Crippen molar-refractivity contribution in [1.29, 1.82) is 0 Å². The van der Waals surface area contributed by atoms with Gasteiger partial charge >= 0.3 is 0 Å². The van der Waals surface area contributed by atoms with Gasteiger partial charge in [0.25, 0.3) is 0 Å². The molecule has 0 saturated heterocycles. The van der Waals surface area contributed by atoms with Crippen molar-refractivity contribution in [2.24, 2.45) is 20.0 Å². The van der Waals surface area contributed by atoms with Gasteiger partial charge in [0.15, 0.2) is 5.82 Å². The second-order valence-electron chi connectivity index (χ2n) is 8.56. The van der Waals surface area contributed by atoms with Crippen LogP contribution >= 0.6 is 0 Å². The number of nitrogens with zero attached hydrogens (tertiary/aromatic N) is 6. The van der Waals surface area contributed by atoms with Crippen LogP contribution in [0.1, 0.15) is 19.3 Å². The van der Waals surface area contributed by atoms with E-state index in [9.17, 15) is 5.11 Å². The summed E-state index contributed by atoms with van der Waals surface area (Å²) in [6, 6.07) is 8.20. The Kier molecular flexibility index (Phi) is 5.45. The number of aromatic nitrogens is 6. The first-order valence-corrected chi connectivity index (χ1v) is 10.9. The summed E-state index contributed by atoms with van der Waals surface area (Å²) in [5, 5.41) is 22.0. The third-order valence-corrected chi connectivity index (χ3v) is 6.04. The van der Waals surface area contributed by atoms with Crippen LogP contribution in [0.25, 0.3) is 33.6 Å². The predicted octanol–water partition coefficient (Wildman–Crippen LogP) is 3.52. The average molecular weight is 430 g/mol. The second-order valence-corrected chi connectivity index (χ2v) is 8.56. The summed E-state index contributed by atoms with van der Waals surface area (Å²) in [6.45, 7) is 0.774. The van der Waals surface area contributed by atoms with E-state index in [1.165, 1.54) is 0 Å². The normalized spacial score (nSPS) is 18.2. The fourth-order valence-electron chi connectivity index (χ4n) is 4.31. The summed E-state index contributed by atoms with van der Waals surface area (Å²) in [7, 11) is 3.81. The molecule has 3 aromatic heterocycles. The molecule has 2 N–H and O–H groups in total. The fourth-order valence-corrected chi connectivity index (χ4v) is 4.31. The van der Waals surface area contributed by atoms with E-state index in [0.29, 0.717) is 11.7 Å². The molecule has 164 valence electrons. The van der Waals surface area contributed by atoms with Crippen LogP contribution < -0.4 is 5.32 Å². The Morgan fingerprint density at radius 1 is 0.969 bits per heavy atom. The second kappa shape index (κ2) is 8.55. The smallest absolute Gasteiger partial charge is 0.161 e. The van der Waals surface area contributed by atoms with E-state index in [1.54, 1.807) is 9.36 Å². The molecule has 8 nitrogen and oxygen atoms in total. The number of benzene rings is 1. The van der Waals surface area contributed by atoms with Gasteiger partial charge in [-0.25, -0.2) is 9.97 Å². The minimum Gasteiger partial charge on any atom is -0.393 e. The summed E-state index contributed by atoms with van der Waals surface area (Å²) in [6.07, 6.45) is 12.1. The van der Waals surface area contributed by atoms with Crippen molar-refractivity contribution >= 4 is 5.82 Å². The number of aliphatic hydroxyl groups excluding tert-OH is 1. The minimum atomic E-state index is -0.184.